The molecular weight excluding hydrogens is 278 g/mol. The van der Waals surface area contributed by atoms with Crippen LogP contribution in [-0.2, 0) is 14.3 Å². The zero-order valence-electron chi connectivity index (χ0n) is 13.0. The van der Waals surface area contributed by atoms with Crippen LogP contribution in [0.1, 0.15) is 26.3 Å². The summed E-state index contributed by atoms with van der Waals surface area (Å²) in [5.41, 5.74) is 0.364. The third-order valence-electron chi connectivity index (χ3n) is 3.33. The fourth-order valence-electron chi connectivity index (χ4n) is 2.34. The molecule has 2 aromatic carbocycles. The van der Waals surface area contributed by atoms with Gasteiger partial charge in [0.05, 0.1) is 0 Å². The lowest BCUT2D eigenvalue weighted by Gasteiger charge is -2.20. The van der Waals surface area contributed by atoms with Crippen LogP contribution < -0.4 is 0 Å². The van der Waals surface area contributed by atoms with Gasteiger partial charge in [-0.15, -0.1) is 0 Å². The number of carbonyl (C=O) groups excluding carboxylic acids is 1. The average Bonchev–Trinajstić information content (AvgIpc) is 2.95. The summed E-state index contributed by atoms with van der Waals surface area (Å²) in [6.45, 7) is 5.76. The van der Waals surface area contributed by atoms with Gasteiger partial charge in [-0.3, -0.25) is 0 Å². The molecule has 0 N–H and O–H groups in total. The van der Waals surface area contributed by atoms with Gasteiger partial charge in [0, 0.05) is 5.56 Å². The molecule has 0 bridgehead atoms. The van der Waals surface area contributed by atoms with E-state index >= 15 is 0 Å². The number of ether oxygens (including phenoxy) is 2. The van der Waals surface area contributed by atoms with Crippen LogP contribution in [0.5, 0.6) is 0 Å². The molecule has 0 aliphatic carbocycles. The molecule has 1 aliphatic heterocycles. The number of hydrogen-bond donors (Lipinski definition) is 0. The minimum Gasteiger partial charge on any atom is -0.475 e. The maximum Gasteiger partial charge on any atom is 0.335 e. The highest BCUT2D eigenvalue weighted by Crippen LogP contribution is 2.20. The van der Waals surface area contributed by atoms with E-state index in [0.29, 0.717) is 5.90 Å². The molecule has 1 heterocycles. The second-order valence-electron chi connectivity index (χ2n) is 6.36. The van der Waals surface area contributed by atoms with Gasteiger partial charge in [0.25, 0.3) is 0 Å². The molecule has 0 aromatic heterocycles. The molecular formula is C18H19NO3. The molecule has 0 fully saturated rings. The highest BCUT2D eigenvalue weighted by Gasteiger charge is 2.30. The van der Waals surface area contributed by atoms with E-state index in [2.05, 4.69) is 11.1 Å². The van der Waals surface area contributed by atoms with E-state index in [4.69, 9.17) is 9.47 Å². The van der Waals surface area contributed by atoms with Crippen LogP contribution in [0.25, 0.3) is 10.8 Å². The molecule has 0 saturated heterocycles. The Morgan fingerprint density at radius 3 is 2.64 bits per heavy atom. The Morgan fingerprint density at radius 1 is 1.18 bits per heavy atom. The first-order valence-corrected chi connectivity index (χ1v) is 7.35. The van der Waals surface area contributed by atoms with E-state index in [1.165, 1.54) is 0 Å². The van der Waals surface area contributed by atoms with Crippen molar-refractivity contribution in [3.05, 3.63) is 48.0 Å². The highest BCUT2D eigenvalue weighted by molar-refractivity contribution is 6.00. The SMILES string of the molecule is CC(C)(C)OC(=O)C1COC(c2ccc3ccccc3c2)=N1. The molecule has 4 nitrogen and oxygen atoms in total. The molecule has 0 radical (unpaired) electrons. The first kappa shape index (κ1) is 14.6. The van der Waals surface area contributed by atoms with Gasteiger partial charge in [0.1, 0.15) is 12.2 Å². The molecule has 114 valence electrons. The number of esters is 1. The number of fused-ring (bicyclic) bond motifs is 1. The van der Waals surface area contributed by atoms with Crippen LogP contribution in [0.3, 0.4) is 0 Å². The van der Waals surface area contributed by atoms with Crippen molar-refractivity contribution in [2.24, 2.45) is 4.99 Å². The van der Waals surface area contributed by atoms with Crippen molar-refractivity contribution in [3.63, 3.8) is 0 Å². The number of aliphatic imine (C=N–C) groups is 1. The number of benzene rings is 2. The van der Waals surface area contributed by atoms with Crippen molar-refractivity contribution in [1.29, 1.82) is 0 Å². The predicted octanol–water partition coefficient (Wildman–Crippen LogP) is 3.33. The lowest BCUT2D eigenvalue weighted by atomic mass is 10.1. The Balaban J connectivity index is 1.82. The Hall–Kier alpha value is -2.36. The maximum atomic E-state index is 12.0. The van der Waals surface area contributed by atoms with E-state index in [0.717, 1.165) is 16.3 Å². The predicted molar refractivity (Wildman–Crippen MR) is 86.1 cm³/mol. The molecule has 0 spiro atoms. The lowest BCUT2D eigenvalue weighted by molar-refractivity contribution is -0.156. The molecule has 0 amide bonds. The fraction of sp³-hybridized carbons (Fsp3) is 0.333. The first-order valence-electron chi connectivity index (χ1n) is 7.35. The highest BCUT2D eigenvalue weighted by atomic mass is 16.6. The summed E-state index contributed by atoms with van der Waals surface area (Å²) in [6, 6.07) is 13.5. The Bertz CT molecular complexity index is 743. The van der Waals surface area contributed by atoms with Crippen LogP contribution >= 0.6 is 0 Å². The number of nitrogens with zero attached hydrogens (tertiary/aromatic N) is 1. The van der Waals surface area contributed by atoms with Gasteiger partial charge in [-0.1, -0.05) is 30.3 Å². The lowest BCUT2D eigenvalue weighted by Crippen LogP contribution is -2.31. The first-order chi connectivity index (χ1) is 10.4. The van der Waals surface area contributed by atoms with Gasteiger partial charge in [0.15, 0.2) is 6.04 Å². The third-order valence-corrected chi connectivity index (χ3v) is 3.33. The largest absolute Gasteiger partial charge is 0.475 e. The number of carbonyl (C=O) groups is 1. The summed E-state index contributed by atoms with van der Waals surface area (Å²) in [5.74, 6) is 0.157. The van der Waals surface area contributed by atoms with E-state index < -0.39 is 11.6 Å². The van der Waals surface area contributed by atoms with Gasteiger partial charge in [-0.25, -0.2) is 9.79 Å². The Kier molecular flexibility index (Phi) is 3.61. The second kappa shape index (κ2) is 5.44. The zero-order chi connectivity index (χ0) is 15.7. The average molecular weight is 297 g/mol. The molecule has 0 saturated carbocycles. The Labute approximate surface area is 129 Å². The molecule has 2 aromatic rings. The Morgan fingerprint density at radius 2 is 1.91 bits per heavy atom. The van der Waals surface area contributed by atoms with Crippen LogP contribution in [0, 0.1) is 0 Å². The van der Waals surface area contributed by atoms with Crippen molar-refractivity contribution in [2.75, 3.05) is 6.61 Å². The van der Waals surface area contributed by atoms with Gasteiger partial charge >= 0.3 is 5.97 Å². The topological polar surface area (TPSA) is 47.9 Å². The summed E-state index contributed by atoms with van der Waals surface area (Å²) in [6.07, 6.45) is 0. The van der Waals surface area contributed by atoms with E-state index in [9.17, 15) is 4.79 Å². The van der Waals surface area contributed by atoms with Crippen LogP contribution in [0.4, 0.5) is 0 Å². The molecule has 1 atom stereocenters. The summed E-state index contributed by atoms with van der Waals surface area (Å²) in [7, 11) is 0. The molecule has 4 heteroatoms. The van der Waals surface area contributed by atoms with Gasteiger partial charge in [0.2, 0.25) is 5.90 Å². The fourth-order valence-corrected chi connectivity index (χ4v) is 2.34. The molecule has 1 unspecified atom stereocenters. The third kappa shape index (κ3) is 3.11. The summed E-state index contributed by atoms with van der Waals surface area (Å²) >= 11 is 0. The van der Waals surface area contributed by atoms with E-state index in [-0.39, 0.29) is 12.6 Å². The van der Waals surface area contributed by atoms with E-state index in [1.807, 2.05) is 57.2 Å². The summed E-state index contributed by atoms with van der Waals surface area (Å²) in [4.78, 5) is 16.4. The zero-order valence-corrected chi connectivity index (χ0v) is 13.0. The summed E-state index contributed by atoms with van der Waals surface area (Å²) < 4.78 is 10.9. The summed E-state index contributed by atoms with van der Waals surface area (Å²) in [5, 5.41) is 2.28. The standard InChI is InChI=1S/C18H19NO3/c1-18(2,3)22-17(20)15-11-21-16(19-15)14-9-8-12-6-4-5-7-13(12)10-14/h4-10,15H,11H2,1-3H3. The van der Waals surface area contributed by atoms with Gasteiger partial charge in [-0.05, 0) is 43.7 Å². The minimum atomic E-state index is -0.583. The number of hydrogen-bond acceptors (Lipinski definition) is 4. The normalized spacial score (nSPS) is 18.0. The van der Waals surface area contributed by atoms with Crippen molar-refractivity contribution in [1.82, 2.24) is 0 Å². The maximum absolute atomic E-state index is 12.0. The monoisotopic (exact) mass is 297 g/mol. The van der Waals surface area contributed by atoms with Crippen molar-refractivity contribution < 1.29 is 14.3 Å². The van der Waals surface area contributed by atoms with Crippen LogP contribution in [0.2, 0.25) is 0 Å². The van der Waals surface area contributed by atoms with Gasteiger partial charge < -0.3 is 9.47 Å². The van der Waals surface area contributed by atoms with E-state index in [1.54, 1.807) is 0 Å². The van der Waals surface area contributed by atoms with Crippen molar-refractivity contribution in [2.45, 2.75) is 32.4 Å². The number of rotatable bonds is 2. The van der Waals surface area contributed by atoms with Crippen molar-refractivity contribution >= 4 is 22.6 Å². The van der Waals surface area contributed by atoms with Crippen LogP contribution in [-0.4, -0.2) is 30.1 Å². The quantitative estimate of drug-likeness (QED) is 0.799. The second-order valence-corrected chi connectivity index (χ2v) is 6.36. The molecule has 22 heavy (non-hydrogen) atoms. The smallest absolute Gasteiger partial charge is 0.335 e. The van der Waals surface area contributed by atoms with Crippen molar-refractivity contribution in [3.8, 4) is 0 Å². The van der Waals surface area contributed by atoms with Gasteiger partial charge in [-0.2, -0.15) is 0 Å². The minimum absolute atomic E-state index is 0.233. The van der Waals surface area contributed by atoms with Crippen LogP contribution in [0.15, 0.2) is 47.5 Å². The molecule has 3 rings (SSSR count). The molecule has 1 aliphatic rings.